The Balaban J connectivity index is 2.01. The summed E-state index contributed by atoms with van der Waals surface area (Å²) in [5, 5.41) is 0.758. The predicted octanol–water partition coefficient (Wildman–Crippen LogP) is 2.79. The maximum Gasteiger partial charge on any atom is 0.339 e. The van der Waals surface area contributed by atoms with Crippen LogP contribution in [0.15, 0.2) is 65.7 Å². The van der Waals surface area contributed by atoms with Gasteiger partial charge in [0.05, 0.1) is 12.7 Å². The van der Waals surface area contributed by atoms with Crippen LogP contribution in [0.1, 0.15) is 10.4 Å². The van der Waals surface area contributed by atoms with Gasteiger partial charge in [0.2, 0.25) is 0 Å². The molecule has 0 atom stereocenters. The molecule has 24 heavy (non-hydrogen) atoms. The Bertz CT molecular complexity index is 1010. The maximum atomic E-state index is 12.5. The molecule has 0 N–H and O–H groups in total. The largest absolute Gasteiger partial charge is 0.465 e. The molecule has 6 nitrogen and oxygen atoms in total. The lowest BCUT2D eigenvalue weighted by molar-refractivity contribution is 0.0600. The fraction of sp³-hybridized carbons (Fsp3) is 0.0588. The van der Waals surface area contributed by atoms with Crippen LogP contribution in [-0.2, 0) is 14.9 Å². The van der Waals surface area contributed by atoms with E-state index in [0.29, 0.717) is 5.52 Å². The molecule has 0 aliphatic rings. The molecular formula is C17H13NO5S. The molecule has 3 rings (SSSR count). The van der Waals surface area contributed by atoms with Crippen LogP contribution in [0, 0.1) is 0 Å². The van der Waals surface area contributed by atoms with Crippen molar-refractivity contribution in [2.24, 2.45) is 0 Å². The number of pyridine rings is 1. The average Bonchev–Trinajstić information content (AvgIpc) is 2.61. The zero-order valence-corrected chi connectivity index (χ0v) is 13.5. The van der Waals surface area contributed by atoms with E-state index in [1.165, 1.54) is 37.4 Å². The van der Waals surface area contributed by atoms with Crippen molar-refractivity contribution in [3.05, 3.63) is 66.4 Å². The fourth-order valence-corrected chi connectivity index (χ4v) is 3.19. The number of carbonyl (C=O) groups is 1. The van der Waals surface area contributed by atoms with Gasteiger partial charge in [-0.15, -0.1) is 0 Å². The number of rotatable bonds is 4. The molecule has 3 aromatic rings. The summed E-state index contributed by atoms with van der Waals surface area (Å²) in [5.41, 5.74) is 0.561. The van der Waals surface area contributed by atoms with Gasteiger partial charge >= 0.3 is 16.1 Å². The Morgan fingerprint density at radius 1 is 1.04 bits per heavy atom. The van der Waals surface area contributed by atoms with Gasteiger partial charge in [-0.1, -0.05) is 24.3 Å². The number of hydrogen-bond acceptors (Lipinski definition) is 6. The third kappa shape index (κ3) is 3.07. The molecule has 0 spiro atoms. The van der Waals surface area contributed by atoms with Gasteiger partial charge in [-0.25, -0.2) is 4.79 Å². The van der Waals surface area contributed by atoms with E-state index in [4.69, 9.17) is 4.18 Å². The Labute approximate surface area is 138 Å². The van der Waals surface area contributed by atoms with Crippen molar-refractivity contribution in [2.75, 3.05) is 7.11 Å². The Hall–Kier alpha value is -2.93. The Morgan fingerprint density at radius 2 is 1.79 bits per heavy atom. The van der Waals surface area contributed by atoms with Crippen molar-refractivity contribution in [2.45, 2.75) is 4.90 Å². The Morgan fingerprint density at radius 3 is 2.58 bits per heavy atom. The summed E-state index contributed by atoms with van der Waals surface area (Å²) in [6.07, 6.45) is 1.56. The van der Waals surface area contributed by atoms with Crippen LogP contribution in [0.25, 0.3) is 10.9 Å². The standard InChI is InChI=1S/C17H13NO5S/c1-22-17(19)13-6-2-8-14(11-13)24(20,21)23-15-9-3-5-12-7-4-10-18-16(12)15/h2-11H,1H3. The molecule has 2 aromatic carbocycles. The number of esters is 1. The second-order valence-electron chi connectivity index (χ2n) is 4.89. The van der Waals surface area contributed by atoms with Crippen LogP contribution < -0.4 is 4.18 Å². The van der Waals surface area contributed by atoms with Crippen molar-refractivity contribution < 1.29 is 22.1 Å². The molecule has 0 aliphatic heterocycles. The van der Waals surface area contributed by atoms with Gasteiger partial charge in [0.15, 0.2) is 5.75 Å². The summed E-state index contributed by atoms with van der Waals surface area (Å²) in [7, 11) is -2.89. The first kappa shape index (κ1) is 15.9. The quantitative estimate of drug-likeness (QED) is 0.535. The van der Waals surface area contributed by atoms with Crippen LogP contribution in [0.3, 0.4) is 0 Å². The molecule has 0 amide bonds. The summed E-state index contributed by atoms with van der Waals surface area (Å²) in [6, 6.07) is 14.0. The van der Waals surface area contributed by atoms with E-state index >= 15 is 0 Å². The number of para-hydroxylation sites is 1. The van der Waals surface area contributed by atoms with E-state index in [1.54, 1.807) is 30.5 Å². The summed E-state index contributed by atoms with van der Waals surface area (Å²) in [6.45, 7) is 0. The van der Waals surface area contributed by atoms with E-state index in [-0.39, 0.29) is 16.2 Å². The van der Waals surface area contributed by atoms with E-state index in [1.807, 2.05) is 0 Å². The van der Waals surface area contributed by atoms with Crippen LogP contribution in [-0.4, -0.2) is 26.5 Å². The van der Waals surface area contributed by atoms with Crippen LogP contribution in [0.5, 0.6) is 5.75 Å². The minimum atomic E-state index is -4.12. The van der Waals surface area contributed by atoms with Gasteiger partial charge in [-0.3, -0.25) is 4.98 Å². The molecule has 0 radical (unpaired) electrons. The van der Waals surface area contributed by atoms with Gasteiger partial charge in [0.25, 0.3) is 0 Å². The van der Waals surface area contributed by atoms with Crippen molar-refractivity contribution in [1.29, 1.82) is 0 Å². The minimum Gasteiger partial charge on any atom is -0.465 e. The molecule has 1 heterocycles. The molecule has 1 aromatic heterocycles. The smallest absolute Gasteiger partial charge is 0.339 e. The third-order valence-corrected chi connectivity index (χ3v) is 4.57. The lowest BCUT2D eigenvalue weighted by Crippen LogP contribution is -2.11. The topological polar surface area (TPSA) is 82.6 Å². The number of aromatic nitrogens is 1. The lowest BCUT2D eigenvalue weighted by Gasteiger charge is -2.09. The molecular weight excluding hydrogens is 330 g/mol. The highest BCUT2D eigenvalue weighted by molar-refractivity contribution is 7.87. The van der Waals surface area contributed by atoms with Crippen molar-refractivity contribution in [3.8, 4) is 5.75 Å². The van der Waals surface area contributed by atoms with Gasteiger partial charge in [0.1, 0.15) is 10.4 Å². The average molecular weight is 343 g/mol. The summed E-state index contributed by atoms with van der Waals surface area (Å²) >= 11 is 0. The molecule has 0 saturated heterocycles. The molecule has 0 fully saturated rings. The van der Waals surface area contributed by atoms with Crippen LogP contribution >= 0.6 is 0 Å². The first-order valence-corrected chi connectivity index (χ1v) is 8.39. The molecule has 0 saturated carbocycles. The van der Waals surface area contributed by atoms with Crippen molar-refractivity contribution >= 4 is 27.0 Å². The molecule has 0 bridgehead atoms. The predicted molar refractivity (Wildman–Crippen MR) is 87.3 cm³/mol. The monoisotopic (exact) mass is 343 g/mol. The van der Waals surface area contributed by atoms with Crippen LogP contribution in [0.2, 0.25) is 0 Å². The summed E-state index contributed by atoms with van der Waals surface area (Å²) < 4.78 is 34.8. The number of benzene rings is 2. The first-order valence-electron chi connectivity index (χ1n) is 6.98. The van der Waals surface area contributed by atoms with E-state index in [0.717, 1.165) is 5.39 Å². The fourth-order valence-electron chi connectivity index (χ4n) is 2.21. The normalized spacial score (nSPS) is 11.2. The number of hydrogen-bond donors (Lipinski definition) is 0. The highest BCUT2D eigenvalue weighted by atomic mass is 32.2. The summed E-state index contributed by atoms with van der Waals surface area (Å²) in [4.78, 5) is 15.6. The minimum absolute atomic E-state index is 0.122. The SMILES string of the molecule is COC(=O)c1cccc(S(=O)(=O)Oc2cccc3cccnc23)c1. The third-order valence-electron chi connectivity index (χ3n) is 3.34. The highest BCUT2D eigenvalue weighted by Gasteiger charge is 2.20. The number of methoxy groups -OCH3 is 1. The van der Waals surface area contributed by atoms with Gasteiger partial charge in [0, 0.05) is 11.6 Å². The zero-order chi connectivity index (χ0) is 17.2. The molecule has 0 unspecified atom stereocenters. The second-order valence-corrected chi connectivity index (χ2v) is 6.43. The van der Waals surface area contributed by atoms with Gasteiger partial charge in [-0.05, 0) is 30.3 Å². The van der Waals surface area contributed by atoms with Crippen molar-refractivity contribution in [1.82, 2.24) is 4.98 Å². The van der Waals surface area contributed by atoms with E-state index in [2.05, 4.69) is 9.72 Å². The molecule has 122 valence electrons. The number of ether oxygens (including phenoxy) is 1. The lowest BCUT2D eigenvalue weighted by atomic mass is 10.2. The van der Waals surface area contributed by atoms with E-state index < -0.39 is 16.1 Å². The number of fused-ring (bicyclic) bond motifs is 1. The summed E-state index contributed by atoms with van der Waals surface area (Å²) in [5.74, 6) is -0.504. The van der Waals surface area contributed by atoms with Gasteiger partial charge < -0.3 is 8.92 Å². The van der Waals surface area contributed by atoms with Crippen LogP contribution in [0.4, 0.5) is 0 Å². The van der Waals surface area contributed by atoms with Crippen molar-refractivity contribution in [3.63, 3.8) is 0 Å². The Kier molecular flexibility index (Phi) is 4.18. The molecule has 7 heteroatoms. The highest BCUT2D eigenvalue weighted by Crippen LogP contribution is 2.26. The molecule has 0 aliphatic carbocycles. The number of carbonyl (C=O) groups excluding carboxylic acids is 1. The number of nitrogens with zero attached hydrogens (tertiary/aromatic N) is 1. The second kappa shape index (κ2) is 6.29. The maximum absolute atomic E-state index is 12.5. The first-order chi connectivity index (χ1) is 11.5. The zero-order valence-electron chi connectivity index (χ0n) is 12.7. The van der Waals surface area contributed by atoms with E-state index in [9.17, 15) is 13.2 Å². The van der Waals surface area contributed by atoms with Gasteiger partial charge in [-0.2, -0.15) is 8.42 Å².